The van der Waals surface area contributed by atoms with Crippen molar-refractivity contribution in [1.82, 2.24) is 20.0 Å². The summed E-state index contributed by atoms with van der Waals surface area (Å²) in [5, 5.41) is 7.04. The van der Waals surface area contributed by atoms with Crippen molar-refractivity contribution in [3.8, 4) is 0 Å². The SMILES string of the molecule is CCn1cc(N)c(C(=O)NCCN(C(C)C)C(C)C)n1. The van der Waals surface area contributed by atoms with Gasteiger partial charge in [0.05, 0.1) is 5.69 Å². The molecule has 0 aliphatic rings. The monoisotopic (exact) mass is 281 g/mol. The van der Waals surface area contributed by atoms with E-state index in [1.807, 2.05) is 6.92 Å². The van der Waals surface area contributed by atoms with Gasteiger partial charge in [0, 0.05) is 37.9 Å². The summed E-state index contributed by atoms with van der Waals surface area (Å²) < 4.78 is 1.67. The third kappa shape index (κ3) is 4.23. The number of nitrogens with two attached hydrogens (primary N) is 1. The molecule has 6 nitrogen and oxygen atoms in total. The van der Waals surface area contributed by atoms with E-state index in [4.69, 9.17) is 5.73 Å². The molecule has 1 amide bonds. The molecule has 1 aromatic rings. The lowest BCUT2D eigenvalue weighted by Gasteiger charge is -2.30. The smallest absolute Gasteiger partial charge is 0.273 e. The maximum absolute atomic E-state index is 12.0. The van der Waals surface area contributed by atoms with Crippen molar-refractivity contribution in [3.63, 3.8) is 0 Å². The van der Waals surface area contributed by atoms with Crippen molar-refractivity contribution >= 4 is 11.6 Å². The van der Waals surface area contributed by atoms with E-state index in [-0.39, 0.29) is 5.91 Å². The number of nitrogen functional groups attached to an aromatic ring is 1. The number of anilines is 1. The molecule has 0 aliphatic heterocycles. The normalized spacial score (nSPS) is 11.6. The summed E-state index contributed by atoms with van der Waals surface area (Å²) in [4.78, 5) is 14.4. The quantitative estimate of drug-likeness (QED) is 0.790. The Hall–Kier alpha value is -1.56. The second-order valence-corrected chi connectivity index (χ2v) is 5.47. The van der Waals surface area contributed by atoms with Gasteiger partial charge < -0.3 is 11.1 Å². The summed E-state index contributed by atoms with van der Waals surface area (Å²) >= 11 is 0. The van der Waals surface area contributed by atoms with Gasteiger partial charge in [-0.3, -0.25) is 14.4 Å². The maximum atomic E-state index is 12.0. The maximum Gasteiger partial charge on any atom is 0.273 e. The Labute approximate surface area is 121 Å². The predicted molar refractivity (Wildman–Crippen MR) is 81.6 cm³/mol. The van der Waals surface area contributed by atoms with Crippen LogP contribution in [0.25, 0.3) is 0 Å². The number of aromatic nitrogens is 2. The number of amides is 1. The van der Waals surface area contributed by atoms with Crippen molar-refractivity contribution in [2.75, 3.05) is 18.8 Å². The minimum atomic E-state index is -0.206. The Balaban J connectivity index is 2.52. The molecule has 114 valence electrons. The van der Waals surface area contributed by atoms with Crippen LogP contribution in [0.4, 0.5) is 5.69 Å². The first-order chi connectivity index (χ1) is 9.36. The van der Waals surface area contributed by atoms with E-state index >= 15 is 0 Å². The average molecular weight is 281 g/mol. The summed E-state index contributed by atoms with van der Waals surface area (Å²) in [5.41, 5.74) is 6.53. The van der Waals surface area contributed by atoms with Crippen LogP contribution in [-0.2, 0) is 6.54 Å². The lowest BCUT2D eigenvalue weighted by Crippen LogP contribution is -2.42. The number of carbonyl (C=O) groups is 1. The van der Waals surface area contributed by atoms with Crippen molar-refractivity contribution in [1.29, 1.82) is 0 Å². The second kappa shape index (κ2) is 7.28. The van der Waals surface area contributed by atoms with E-state index in [1.54, 1.807) is 10.9 Å². The molecule has 0 radical (unpaired) electrons. The van der Waals surface area contributed by atoms with Gasteiger partial charge in [0.1, 0.15) is 0 Å². The number of aryl methyl sites for hydroxylation is 1. The number of carbonyl (C=O) groups excluding carboxylic acids is 1. The molecule has 1 heterocycles. The molecule has 3 N–H and O–H groups in total. The minimum Gasteiger partial charge on any atom is -0.396 e. The summed E-state index contributed by atoms with van der Waals surface area (Å²) in [6, 6.07) is 0.910. The summed E-state index contributed by atoms with van der Waals surface area (Å²) in [6.07, 6.45) is 1.68. The van der Waals surface area contributed by atoms with Gasteiger partial charge in [-0.25, -0.2) is 0 Å². The Morgan fingerprint density at radius 3 is 2.45 bits per heavy atom. The molecule has 0 unspecified atom stereocenters. The lowest BCUT2D eigenvalue weighted by atomic mass is 10.2. The van der Waals surface area contributed by atoms with Crippen LogP contribution in [0.2, 0.25) is 0 Å². The Morgan fingerprint density at radius 2 is 2.00 bits per heavy atom. The van der Waals surface area contributed by atoms with E-state index in [9.17, 15) is 4.79 Å². The van der Waals surface area contributed by atoms with Crippen molar-refractivity contribution in [3.05, 3.63) is 11.9 Å². The Kier molecular flexibility index (Phi) is 6.01. The molecule has 0 bridgehead atoms. The van der Waals surface area contributed by atoms with Crippen LogP contribution in [0.3, 0.4) is 0 Å². The number of rotatable bonds is 7. The standard InChI is InChI=1S/C14H27N5O/c1-6-18-9-12(15)13(17-18)14(20)16-7-8-19(10(2)3)11(4)5/h9-11H,6-8,15H2,1-5H3,(H,16,20). The van der Waals surface area contributed by atoms with Crippen molar-refractivity contribution in [2.45, 2.75) is 53.2 Å². The molecule has 1 rings (SSSR count). The van der Waals surface area contributed by atoms with Crippen LogP contribution in [-0.4, -0.2) is 45.8 Å². The molecule has 20 heavy (non-hydrogen) atoms. The highest BCUT2D eigenvalue weighted by Gasteiger charge is 2.16. The molecule has 6 heteroatoms. The summed E-state index contributed by atoms with van der Waals surface area (Å²) in [6.45, 7) is 12.7. The molecule has 0 atom stereocenters. The van der Waals surface area contributed by atoms with Gasteiger partial charge >= 0.3 is 0 Å². The summed E-state index contributed by atoms with van der Waals surface area (Å²) in [7, 11) is 0. The van der Waals surface area contributed by atoms with E-state index in [0.717, 1.165) is 6.54 Å². The third-order valence-corrected chi connectivity index (χ3v) is 3.31. The fraction of sp³-hybridized carbons (Fsp3) is 0.714. The first kappa shape index (κ1) is 16.5. The molecule has 0 spiro atoms. The van der Waals surface area contributed by atoms with Crippen LogP contribution in [0.5, 0.6) is 0 Å². The highest BCUT2D eigenvalue weighted by Crippen LogP contribution is 2.09. The van der Waals surface area contributed by atoms with E-state index < -0.39 is 0 Å². The molecular weight excluding hydrogens is 254 g/mol. The first-order valence-corrected chi connectivity index (χ1v) is 7.23. The van der Waals surface area contributed by atoms with Crippen LogP contribution < -0.4 is 11.1 Å². The minimum absolute atomic E-state index is 0.206. The third-order valence-electron chi connectivity index (χ3n) is 3.31. The number of nitrogens with one attached hydrogen (secondary N) is 1. The Morgan fingerprint density at radius 1 is 1.40 bits per heavy atom. The van der Waals surface area contributed by atoms with Crippen LogP contribution in [0.1, 0.15) is 45.1 Å². The van der Waals surface area contributed by atoms with Crippen molar-refractivity contribution < 1.29 is 4.79 Å². The highest BCUT2D eigenvalue weighted by atomic mass is 16.2. The van der Waals surface area contributed by atoms with Gasteiger partial charge in [-0.15, -0.1) is 0 Å². The van der Waals surface area contributed by atoms with Gasteiger partial charge in [-0.2, -0.15) is 5.10 Å². The average Bonchev–Trinajstić information content (AvgIpc) is 2.74. The molecule has 0 saturated carbocycles. The largest absolute Gasteiger partial charge is 0.396 e. The number of nitrogens with zero attached hydrogens (tertiary/aromatic N) is 3. The van der Waals surface area contributed by atoms with Gasteiger partial charge in [-0.1, -0.05) is 0 Å². The van der Waals surface area contributed by atoms with Gasteiger partial charge in [0.25, 0.3) is 5.91 Å². The molecule has 0 aliphatic carbocycles. The fourth-order valence-electron chi connectivity index (χ4n) is 2.27. The molecule has 0 saturated heterocycles. The summed E-state index contributed by atoms with van der Waals surface area (Å²) in [5.74, 6) is -0.206. The molecule has 0 aromatic carbocycles. The fourth-order valence-corrected chi connectivity index (χ4v) is 2.27. The topological polar surface area (TPSA) is 76.2 Å². The van der Waals surface area contributed by atoms with E-state index in [0.29, 0.717) is 36.6 Å². The number of hydrogen-bond donors (Lipinski definition) is 2. The second-order valence-electron chi connectivity index (χ2n) is 5.47. The zero-order chi connectivity index (χ0) is 15.3. The van der Waals surface area contributed by atoms with Gasteiger partial charge in [0.2, 0.25) is 0 Å². The van der Waals surface area contributed by atoms with Crippen LogP contribution in [0.15, 0.2) is 6.20 Å². The van der Waals surface area contributed by atoms with Crippen LogP contribution in [0, 0.1) is 0 Å². The highest BCUT2D eigenvalue weighted by molar-refractivity contribution is 5.96. The zero-order valence-electron chi connectivity index (χ0n) is 13.2. The first-order valence-electron chi connectivity index (χ1n) is 7.23. The Bertz CT molecular complexity index is 431. The molecular formula is C14H27N5O. The zero-order valence-corrected chi connectivity index (χ0v) is 13.2. The lowest BCUT2D eigenvalue weighted by molar-refractivity contribution is 0.0934. The van der Waals surface area contributed by atoms with Crippen LogP contribution >= 0.6 is 0 Å². The predicted octanol–water partition coefficient (Wildman–Crippen LogP) is 1.33. The van der Waals surface area contributed by atoms with E-state index in [1.165, 1.54) is 0 Å². The number of hydrogen-bond acceptors (Lipinski definition) is 4. The molecule has 1 aromatic heterocycles. The van der Waals surface area contributed by atoms with Crippen molar-refractivity contribution in [2.24, 2.45) is 0 Å². The van der Waals surface area contributed by atoms with Gasteiger partial charge in [-0.05, 0) is 34.6 Å². The van der Waals surface area contributed by atoms with Gasteiger partial charge in [0.15, 0.2) is 5.69 Å². The van der Waals surface area contributed by atoms with E-state index in [2.05, 4.69) is 43.0 Å². The molecule has 0 fully saturated rings.